The Morgan fingerprint density at radius 1 is 1.58 bits per heavy atom. The molecule has 0 heterocycles. The first kappa shape index (κ1) is 11.0. The third-order valence-electron chi connectivity index (χ3n) is 1.31. The van der Waals surface area contributed by atoms with Gasteiger partial charge in [-0.3, -0.25) is 0 Å². The topological polar surface area (TPSA) is 35.5 Å². The fraction of sp³-hybridized carbons (Fsp3) is 0.667. The standard InChI is InChI=1S/C9H16O3/c1-4-5-6-7-8(2)12-9(10)11-3/h6-8H,4-5H2,1-3H3/b7-6-. The van der Waals surface area contributed by atoms with E-state index in [0.717, 1.165) is 12.8 Å². The van der Waals surface area contributed by atoms with Gasteiger partial charge in [0.2, 0.25) is 0 Å². The molecule has 0 saturated carbocycles. The number of ether oxygens (including phenoxy) is 2. The second kappa shape index (κ2) is 6.70. The maximum absolute atomic E-state index is 10.6. The van der Waals surface area contributed by atoms with Gasteiger partial charge < -0.3 is 9.47 Å². The van der Waals surface area contributed by atoms with E-state index in [-0.39, 0.29) is 6.10 Å². The van der Waals surface area contributed by atoms with Crippen molar-refractivity contribution in [3.8, 4) is 0 Å². The largest absolute Gasteiger partial charge is 0.508 e. The third kappa shape index (κ3) is 5.77. The molecule has 1 unspecified atom stereocenters. The Bertz CT molecular complexity index is 152. The zero-order chi connectivity index (χ0) is 9.40. The summed E-state index contributed by atoms with van der Waals surface area (Å²) in [5.74, 6) is 0. The minimum absolute atomic E-state index is 0.205. The van der Waals surface area contributed by atoms with E-state index < -0.39 is 6.16 Å². The molecule has 12 heavy (non-hydrogen) atoms. The summed E-state index contributed by atoms with van der Waals surface area (Å²) in [5.41, 5.74) is 0. The predicted molar refractivity (Wildman–Crippen MR) is 47.0 cm³/mol. The predicted octanol–water partition coefficient (Wildman–Crippen LogP) is 2.51. The van der Waals surface area contributed by atoms with Crippen LogP contribution >= 0.6 is 0 Å². The molecule has 0 aromatic carbocycles. The molecule has 0 radical (unpaired) electrons. The summed E-state index contributed by atoms with van der Waals surface area (Å²) in [5, 5.41) is 0. The van der Waals surface area contributed by atoms with Crippen molar-refractivity contribution >= 4 is 6.16 Å². The number of methoxy groups -OCH3 is 1. The first-order valence-corrected chi connectivity index (χ1v) is 4.12. The van der Waals surface area contributed by atoms with Crippen LogP contribution in [0.2, 0.25) is 0 Å². The van der Waals surface area contributed by atoms with Gasteiger partial charge in [-0.15, -0.1) is 0 Å². The monoisotopic (exact) mass is 172 g/mol. The average Bonchev–Trinajstić information content (AvgIpc) is 2.05. The Kier molecular flexibility index (Phi) is 6.15. The van der Waals surface area contributed by atoms with E-state index in [4.69, 9.17) is 4.74 Å². The van der Waals surface area contributed by atoms with Gasteiger partial charge in [0.1, 0.15) is 6.10 Å². The molecule has 0 aromatic heterocycles. The Hall–Kier alpha value is -0.990. The van der Waals surface area contributed by atoms with Gasteiger partial charge >= 0.3 is 6.16 Å². The molecule has 70 valence electrons. The minimum atomic E-state index is -0.636. The highest BCUT2D eigenvalue weighted by Crippen LogP contribution is 1.97. The van der Waals surface area contributed by atoms with E-state index >= 15 is 0 Å². The van der Waals surface area contributed by atoms with Crippen molar-refractivity contribution in [3.05, 3.63) is 12.2 Å². The van der Waals surface area contributed by atoms with Crippen molar-refractivity contribution in [2.45, 2.75) is 32.8 Å². The smallest absolute Gasteiger partial charge is 0.438 e. The zero-order valence-corrected chi connectivity index (χ0v) is 7.87. The molecule has 0 amide bonds. The minimum Gasteiger partial charge on any atom is -0.438 e. The van der Waals surface area contributed by atoms with Gasteiger partial charge in [0.05, 0.1) is 7.11 Å². The lowest BCUT2D eigenvalue weighted by Crippen LogP contribution is -2.12. The average molecular weight is 172 g/mol. The summed E-state index contributed by atoms with van der Waals surface area (Å²) >= 11 is 0. The molecule has 0 aliphatic carbocycles. The van der Waals surface area contributed by atoms with Crippen LogP contribution in [0.4, 0.5) is 4.79 Å². The lowest BCUT2D eigenvalue weighted by Gasteiger charge is -2.06. The van der Waals surface area contributed by atoms with E-state index in [1.807, 2.05) is 12.2 Å². The maximum Gasteiger partial charge on any atom is 0.508 e. The number of carbonyl (C=O) groups excluding carboxylic acids is 1. The molecular formula is C9H16O3. The van der Waals surface area contributed by atoms with Crippen LogP contribution < -0.4 is 0 Å². The highest BCUT2D eigenvalue weighted by Gasteiger charge is 2.04. The van der Waals surface area contributed by atoms with Gasteiger partial charge in [-0.25, -0.2) is 4.79 Å². The molecule has 1 atom stereocenters. The van der Waals surface area contributed by atoms with Gasteiger partial charge in [-0.2, -0.15) is 0 Å². The van der Waals surface area contributed by atoms with E-state index in [0.29, 0.717) is 0 Å². The molecule has 0 fully saturated rings. The molecule has 3 heteroatoms. The van der Waals surface area contributed by atoms with E-state index in [1.54, 1.807) is 6.92 Å². The second-order valence-corrected chi connectivity index (χ2v) is 2.49. The summed E-state index contributed by atoms with van der Waals surface area (Å²) in [6.45, 7) is 3.89. The molecular weight excluding hydrogens is 156 g/mol. The van der Waals surface area contributed by atoms with Gasteiger partial charge in [-0.05, 0) is 19.4 Å². The SMILES string of the molecule is CCC/C=C\C(C)OC(=O)OC. The van der Waals surface area contributed by atoms with Crippen molar-refractivity contribution in [2.75, 3.05) is 7.11 Å². The van der Waals surface area contributed by atoms with E-state index in [1.165, 1.54) is 7.11 Å². The van der Waals surface area contributed by atoms with Crippen LogP contribution in [0, 0.1) is 0 Å². The van der Waals surface area contributed by atoms with Crippen LogP contribution in [0.15, 0.2) is 12.2 Å². The Labute approximate surface area is 73.4 Å². The fourth-order valence-electron chi connectivity index (χ4n) is 0.694. The summed E-state index contributed by atoms with van der Waals surface area (Å²) in [4.78, 5) is 10.6. The van der Waals surface area contributed by atoms with Crippen LogP contribution in [0.5, 0.6) is 0 Å². The lowest BCUT2D eigenvalue weighted by atomic mass is 10.3. The summed E-state index contributed by atoms with van der Waals surface area (Å²) in [7, 11) is 1.30. The summed E-state index contributed by atoms with van der Waals surface area (Å²) < 4.78 is 9.13. The Morgan fingerprint density at radius 3 is 2.75 bits per heavy atom. The zero-order valence-electron chi connectivity index (χ0n) is 7.87. The number of hydrogen-bond donors (Lipinski definition) is 0. The Balaban J connectivity index is 3.58. The number of allylic oxidation sites excluding steroid dienone is 1. The molecule has 0 spiro atoms. The van der Waals surface area contributed by atoms with Gasteiger partial charge in [0.25, 0.3) is 0 Å². The molecule has 3 nitrogen and oxygen atoms in total. The van der Waals surface area contributed by atoms with Crippen molar-refractivity contribution in [3.63, 3.8) is 0 Å². The maximum atomic E-state index is 10.6. The number of rotatable bonds is 4. The van der Waals surface area contributed by atoms with Crippen molar-refractivity contribution in [2.24, 2.45) is 0 Å². The summed E-state index contributed by atoms with van der Waals surface area (Å²) in [6.07, 6.45) is 5.11. The molecule has 0 aromatic rings. The normalized spacial score (nSPS) is 12.9. The highest BCUT2D eigenvalue weighted by molar-refractivity contribution is 5.59. The van der Waals surface area contributed by atoms with Crippen LogP contribution in [-0.4, -0.2) is 19.4 Å². The highest BCUT2D eigenvalue weighted by atomic mass is 16.7. The molecule has 0 bridgehead atoms. The van der Waals surface area contributed by atoms with Crippen LogP contribution in [0.1, 0.15) is 26.7 Å². The van der Waals surface area contributed by atoms with Gasteiger partial charge in [0, 0.05) is 0 Å². The molecule has 0 N–H and O–H groups in total. The molecule has 0 saturated heterocycles. The van der Waals surface area contributed by atoms with E-state index in [2.05, 4.69) is 11.7 Å². The van der Waals surface area contributed by atoms with Crippen LogP contribution in [-0.2, 0) is 9.47 Å². The van der Waals surface area contributed by atoms with Crippen molar-refractivity contribution in [1.82, 2.24) is 0 Å². The van der Waals surface area contributed by atoms with E-state index in [9.17, 15) is 4.79 Å². The third-order valence-corrected chi connectivity index (χ3v) is 1.31. The van der Waals surface area contributed by atoms with Crippen LogP contribution in [0.25, 0.3) is 0 Å². The van der Waals surface area contributed by atoms with Gasteiger partial charge in [0.15, 0.2) is 0 Å². The Morgan fingerprint density at radius 2 is 2.25 bits per heavy atom. The van der Waals surface area contributed by atoms with Crippen LogP contribution in [0.3, 0.4) is 0 Å². The number of carbonyl (C=O) groups is 1. The lowest BCUT2D eigenvalue weighted by molar-refractivity contribution is 0.0578. The molecule has 0 aliphatic rings. The number of hydrogen-bond acceptors (Lipinski definition) is 3. The second-order valence-electron chi connectivity index (χ2n) is 2.49. The summed E-state index contributed by atoms with van der Waals surface area (Å²) in [6, 6.07) is 0. The fourth-order valence-corrected chi connectivity index (χ4v) is 0.694. The first-order chi connectivity index (χ1) is 5.70. The van der Waals surface area contributed by atoms with Crippen molar-refractivity contribution in [1.29, 1.82) is 0 Å². The quantitative estimate of drug-likeness (QED) is 0.483. The van der Waals surface area contributed by atoms with Crippen molar-refractivity contribution < 1.29 is 14.3 Å². The molecule has 0 aliphatic heterocycles. The number of unbranched alkanes of at least 4 members (excludes halogenated alkanes) is 1. The molecule has 0 rings (SSSR count). The first-order valence-electron chi connectivity index (χ1n) is 4.12. The van der Waals surface area contributed by atoms with Gasteiger partial charge in [-0.1, -0.05) is 19.4 Å².